The molecule has 2 atom stereocenters. The Hall–Kier alpha value is -1.39. The summed E-state index contributed by atoms with van der Waals surface area (Å²) in [7, 11) is 1.70. The van der Waals surface area contributed by atoms with Crippen molar-refractivity contribution in [3.8, 4) is 0 Å². The topological polar surface area (TPSA) is 41.6 Å². The van der Waals surface area contributed by atoms with Gasteiger partial charge in [0, 0.05) is 19.7 Å². The van der Waals surface area contributed by atoms with E-state index >= 15 is 0 Å². The predicted octanol–water partition coefficient (Wildman–Crippen LogP) is 2.54. The highest BCUT2D eigenvalue weighted by molar-refractivity contribution is 5.83. The lowest BCUT2D eigenvalue weighted by atomic mass is 9.90. The number of ether oxygens (including phenoxy) is 1. The Kier molecular flexibility index (Phi) is 5.59. The molecule has 22 heavy (non-hydrogen) atoms. The number of methoxy groups -OCH3 is 1. The van der Waals surface area contributed by atoms with E-state index in [1.165, 1.54) is 0 Å². The van der Waals surface area contributed by atoms with Gasteiger partial charge in [-0.2, -0.15) is 0 Å². The minimum absolute atomic E-state index is 0.142. The summed E-state index contributed by atoms with van der Waals surface area (Å²) < 4.78 is 5.43. The summed E-state index contributed by atoms with van der Waals surface area (Å²) in [5, 5.41) is 3.57. The second-order valence-electron chi connectivity index (χ2n) is 6.60. The summed E-state index contributed by atoms with van der Waals surface area (Å²) in [5.74, 6) is 0.208. The van der Waals surface area contributed by atoms with Gasteiger partial charge in [0.2, 0.25) is 5.91 Å². The first-order valence-corrected chi connectivity index (χ1v) is 8.10. The average Bonchev–Trinajstić information content (AvgIpc) is 2.50. The van der Waals surface area contributed by atoms with E-state index in [9.17, 15) is 4.79 Å². The second-order valence-corrected chi connectivity index (χ2v) is 6.60. The fraction of sp³-hybridized carbons (Fsp3) is 0.611. The maximum Gasteiger partial charge on any atom is 0.239 e. The Bertz CT molecular complexity index is 489. The van der Waals surface area contributed by atoms with Gasteiger partial charge in [-0.1, -0.05) is 30.3 Å². The summed E-state index contributed by atoms with van der Waals surface area (Å²) in [6.45, 7) is 7.65. The Morgan fingerprint density at radius 2 is 2.05 bits per heavy atom. The molecule has 1 aromatic rings. The fourth-order valence-electron chi connectivity index (χ4n) is 3.23. The van der Waals surface area contributed by atoms with E-state index < -0.39 is 0 Å². The summed E-state index contributed by atoms with van der Waals surface area (Å²) in [6.07, 6.45) is 1.92. The van der Waals surface area contributed by atoms with Crippen molar-refractivity contribution in [2.24, 2.45) is 0 Å². The molecule has 1 saturated heterocycles. The molecule has 0 spiro atoms. The summed E-state index contributed by atoms with van der Waals surface area (Å²) in [5.41, 5.74) is 0.780. The number of amides is 1. The van der Waals surface area contributed by atoms with Crippen LogP contribution in [0.4, 0.5) is 0 Å². The number of nitrogens with zero attached hydrogens (tertiary/aromatic N) is 1. The Labute approximate surface area is 133 Å². The molecule has 1 heterocycles. The molecule has 0 unspecified atom stereocenters. The molecular weight excluding hydrogens is 276 g/mol. The van der Waals surface area contributed by atoms with Crippen LogP contribution in [0.3, 0.4) is 0 Å². The number of rotatable bonds is 6. The summed E-state index contributed by atoms with van der Waals surface area (Å²) in [6, 6.07) is 10.3. The monoisotopic (exact) mass is 304 g/mol. The molecule has 0 aliphatic carbocycles. The highest BCUT2D eigenvalue weighted by Crippen LogP contribution is 2.25. The Morgan fingerprint density at radius 1 is 1.36 bits per heavy atom. The zero-order valence-corrected chi connectivity index (χ0v) is 14.1. The van der Waals surface area contributed by atoms with Crippen LogP contribution in [0.15, 0.2) is 30.3 Å². The van der Waals surface area contributed by atoms with Crippen molar-refractivity contribution in [3.63, 3.8) is 0 Å². The second kappa shape index (κ2) is 7.25. The number of hydrogen-bond donors (Lipinski definition) is 1. The first kappa shape index (κ1) is 17.0. The largest absolute Gasteiger partial charge is 0.382 e. The van der Waals surface area contributed by atoms with Crippen molar-refractivity contribution in [1.82, 2.24) is 10.2 Å². The third kappa shape index (κ3) is 3.68. The maximum absolute atomic E-state index is 12.7. The molecule has 4 nitrogen and oxygen atoms in total. The minimum atomic E-state index is -0.365. The van der Waals surface area contributed by atoms with Gasteiger partial charge in [0.25, 0.3) is 0 Å². The molecule has 1 fully saturated rings. The number of carbonyl (C=O) groups is 1. The van der Waals surface area contributed by atoms with Gasteiger partial charge in [-0.15, -0.1) is 0 Å². The first-order valence-electron chi connectivity index (χ1n) is 8.10. The third-order valence-corrected chi connectivity index (χ3v) is 4.43. The standard InChI is InChI=1S/C18H28N2O2/c1-14(2)20-12-8-11-16(17(20)21)19-18(3,13-22-4)15-9-6-5-7-10-15/h5-7,9-10,14,16,19H,8,11-13H2,1-4H3/t16-,18-/m1/s1. The number of carbonyl (C=O) groups excluding carboxylic acids is 1. The molecule has 0 saturated carbocycles. The van der Waals surface area contributed by atoms with Gasteiger partial charge < -0.3 is 9.64 Å². The van der Waals surface area contributed by atoms with Crippen LogP contribution in [0.5, 0.6) is 0 Å². The zero-order chi connectivity index (χ0) is 16.2. The van der Waals surface area contributed by atoms with Crippen molar-refractivity contribution in [1.29, 1.82) is 0 Å². The third-order valence-electron chi connectivity index (χ3n) is 4.43. The van der Waals surface area contributed by atoms with E-state index in [0.717, 1.165) is 24.9 Å². The highest BCUT2D eigenvalue weighted by Gasteiger charge is 2.36. The van der Waals surface area contributed by atoms with Crippen LogP contribution < -0.4 is 5.32 Å². The van der Waals surface area contributed by atoms with Crippen molar-refractivity contribution in [3.05, 3.63) is 35.9 Å². The normalized spacial score (nSPS) is 22.0. The number of nitrogens with one attached hydrogen (secondary N) is 1. The number of piperidine rings is 1. The first-order chi connectivity index (χ1) is 10.5. The van der Waals surface area contributed by atoms with E-state index in [1.54, 1.807) is 7.11 Å². The summed E-state index contributed by atoms with van der Waals surface area (Å²) in [4.78, 5) is 14.7. The Balaban J connectivity index is 2.19. The Morgan fingerprint density at radius 3 is 2.64 bits per heavy atom. The number of benzene rings is 1. The molecule has 2 rings (SSSR count). The van der Waals surface area contributed by atoms with Crippen LogP contribution in [-0.4, -0.2) is 43.2 Å². The molecule has 0 bridgehead atoms. The molecular formula is C18H28N2O2. The molecule has 0 aromatic heterocycles. The van der Waals surface area contributed by atoms with Crippen LogP contribution in [0.2, 0.25) is 0 Å². The van der Waals surface area contributed by atoms with Crippen LogP contribution >= 0.6 is 0 Å². The highest BCUT2D eigenvalue weighted by atomic mass is 16.5. The van der Waals surface area contributed by atoms with Crippen LogP contribution in [0.25, 0.3) is 0 Å². The fourth-order valence-corrected chi connectivity index (χ4v) is 3.23. The van der Waals surface area contributed by atoms with E-state index in [1.807, 2.05) is 23.1 Å². The van der Waals surface area contributed by atoms with Gasteiger partial charge in [0.05, 0.1) is 18.2 Å². The van der Waals surface area contributed by atoms with E-state index in [2.05, 4.69) is 38.2 Å². The van der Waals surface area contributed by atoms with Crippen molar-refractivity contribution in [2.75, 3.05) is 20.3 Å². The van der Waals surface area contributed by atoms with E-state index in [-0.39, 0.29) is 23.5 Å². The maximum atomic E-state index is 12.7. The van der Waals surface area contributed by atoms with Gasteiger partial charge in [0.15, 0.2) is 0 Å². The molecule has 1 amide bonds. The van der Waals surface area contributed by atoms with Gasteiger partial charge >= 0.3 is 0 Å². The van der Waals surface area contributed by atoms with E-state index in [4.69, 9.17) is 4.74 Å². The van der Waals surface area contributed by atoms with Crippen LogP contribution in [0.1, 0.15) is 39.2 Å². The number of likely N-dealkylation sites (tertiary alicyclic amines) is 1. The van der Waals surface area contributed by atoms with Gasteiger partial charge in [0.1, 0.15) is 0 Å². The molecule has 0 radical (unpaired) electrons. The summed E-state index contributed by atoms with van der Waals surface area (Å²) >= 11 is 0. The van der Waals surface area contributed by atoms with Crippen molar-refractivity contribution in [2.45, 2.75) is 51.2 Å². The molecule has 1 aliphatic rings. The molecule has 1 N–H and O–H groups in total. The SMILES string of the molecule is COC[C@@](C)(N[C@@H]1CCCN(C(C)C)C1=O)c1ccccc1. The lowest BCUT2D eigenvalue weighted by molar-refractivity contribution is -0.138. The number of hydrogen-bond acceptors (Lipinski definition) is 3. The smallest absolute Gasteiger partial charge is 0.239 e. The van der Waals surface area contributed by atoms with Crippen molar-refractivity contribution >= 4 is 5.91 Å². The molecule has 1 aliphatic heterocycles. The molecule has 1 aromatic carbocycles. The van der Waals surface area contributed by atoms with Gasteiger partial charge in [-0.3, -0.25) is 10.1 Å². The zero-order valence-electron chi connectivity index (χ0n) is 14.1. The molecule has 4 heteroatoms. The van der Waals surface area contributed by atoms with Gasteiger partial charge in [-0.25, -0.2) is 0 Å². The minimum Gasteiger partial charge on any atom is -0.382 e. The quantitative estimate of drug-likeness (QED) is 0.878. The lowest BCUT2D eigenvalue weighted by Crippen LogP contribution is -2.58. The predicted molar refractivity (Wildman–Crippen MR) is 88.7 cm³/mol. The lowest BCUT2D eigenvalue weighted by Gasteiger charge is -2.40. The van der Waals surface area contributed by atoms with Crippen LogP contribution in [-0.2, 0) is 15.1 Å². The van der Waals surface area contributed by atoms with Crippen LogP contribution in [0, 0.1) is 0 Å². The molecule has 122 valence electrons. The van der Waals surface area contributed by atoms with Gasteiger partial charge in [-0.05, 0) is 39.2 Å². The van der Waals surface area contributed by atoms with Crippen molar-refractivity contribution < 1.29 is 9.53 Å². The van der Waals surface area contributed by atoms with E-state index in [0.29, 0.717) is 6.61 Å². The average molecular weight is 304 g/mol.